The molecule has 0 aliphatic heterocycles. The standard InChI is InChI=1S/C15H22FN3O2/c1-10-5-6-13(16)8-12(10)9-18-15(21)19(4)11(2)7-14(20)17-3/h5-6,8,11H,7,9H2,1-4H3,(H,17,20)(H,18,21)/t11-/m1/s1. The Hall–Kier alpha value is -2.11. The summed E-state index contributed by atoms with van der Waals surface area (Å²) >= 11 is 0. The van der Waals surface area contributed by atoms with E-state index in [0.29, 0.717) is 0 Å². The third kappa shape index (κ3) is 5.06. The molecule has 0 spiro atoms. The molecule has 0 radical (unpaired) electrons. The van der Waals surface area contributed by atoms with Crippen LogP contribution >= 0.6 is 0 Å². The minimum Gasteiger partial charge on any atom is -0.359 e. The van der Waals surface area contributed by atoms with Crippen LogP contribution in [0.3, 0.4) is 0 Å². The molecule has 0 heterocycles. The smallest absolute Gasteiger partial charge is 0.317 e. The Morgan fingerprint density at radius 2 is 2.05 bits per heavy atom. The van der Waals surface area contributed by atoms with Gasteiger partial charge in [-0.3, -0.25) is 4.79 Å². The molecule has 0 aliphatic rings. The van der Waals surface area contributed by atoms with Crippen LogP contribution in [0.5, 0.6) is 0 Å². The van der Waals surface area contributed by atoms with Gasteiger partial charge in [0.25, 0.3) is 0 Å². The zero-order valence-electron chi connectivity index (χ0n) is 12.9. The van der Waals surface area contributed by atoms with Gasteiger partial charge in [-0.25, -0.2) is 9.18 Å². The number of nitrogens with zero attached hydrogens (tertiary/aromatic N) is 1. The first kappa shape index (κ1) is 16.9. The summed E-state index contributed by atoms with van der Waals surface area (Å²) in [7, 11) is 3.18. The summed E-state index contributed by atoms with van der Waals surface area (Å²) < 4.78 is 13.2. The predicted molar refractivity (Wildman–Crippen MR) is 79.3 cm³/mol. The average molecular weight is 295 g/mol. The Bertz CT molecular complexity index is 520. The number of hydrogen-bond acceptors (Lipinski definition) is 2. The average Bonchev–Trinajstić information content (AvgIpc) is 2.46. The number of carbonyl (C=O) groups excluding carboxylic acids is 2. The van der Waals surface area contributed by atoms with Crippen LogP contribution in [-0.2, 0) is 11.3 Å². The first-order valence-electron chi connectivity index (χ1n) is 6.81. The molecular weight excluding hydrogens is 273 g/mol. The van der Waals surface area contributed by atoms with Gasteiger partial charge in [0.15, 0.2) is 0 Å². The van der Waals surface area contributed by atoms with Crippen molar-refractivity contribution in [1.82, 2.24) is 15.5 Å². The van der Waals surface area contributed by atoms with Crippen LogP contribution in [0.15, 0.2) is 18.2 Å². The van der Waals surface area contributed by atoms with E-state index < -0.39 is 0 Å². The summed E-state index contributed by atoms with van der Waals surface area (Å²) in [6.07, 6.45) is 0.236. The quantitative estimate of drug-likeness (QED) is 0.870. The molecule has 2 N–H and O–H groups in total. The molecule has 3 amide bonds. The van der Waals surface area contributed by atoms with E-state index in [-0.39, 0.29) is 36.8 Å². The number of urea groups is 1. The molecule has 0 saturated heterocycles. The lowest BCUT2D eigenvalue weighted by Gasteiger charge is -2.24. The third-order valence-electron chi connectivity index (χ3n) is 3.48. The summed E-state index contributed by atoms with van der Waals surface area (Å²) in [5, 5.41) is 5.25. The highest BCUT2D eigenvalue weighted by molar-refractivity contribution is 5.78. The van der Waals surface area contributed by atoms with Gasteiger partial charge in [0.05, 0.1) is 0 Å². The normalized spacial score (nSPS) is 11.7. The van der Waals surface area contributed by atoms with E-state index in [2.05, 4.69) is 10.6 Å². The van der Waals surface area contributed by atoms with Gasteiger partial charge < -0.3 is 15.5 Å². The van der Waals surface area contributed by atoms with Crippen molar-refractivity contribution >= 4 is 11.9 Å². The van der Waals surface area contributed by atoms with E-state index in [4.69, 9.17) is 0 Å². The van der Waals surface area contributed by atoms with Crippen LogP contribution in [0.2, 0.25) is 0 Å². The molecule has 0 fully saturated rings. The Balaban J connectivity index is 2.56. The molecule has 0 saturated carbocycles. The van der Waals surface area contributed by atoms with Gasteiger partial charge in [-0.2, -0.15) is 0 Å². The van der Waals surface area contributed by atoms with Gasteiger partial charge in [0, 0.05) is 33.1 Å². The number of benzene rings is 1. The zero-order valence-corrected chi connectivity index (χ0v) is 12.9. The molecule has 0 aliphatic carbocycles. The third-order valence-corrected chi connectivity index (χ3v) is 3.48. The number of halogens is 1. The number of aryl methyl sites for hydroxylation is 1. The zero-order chi connectivity index (χ0) is 16.0. The molecule has 116 valence electrons. The minimum absolute atomic E-state index is 0.122. The van der Waals surface area contributed by atoms with E-state index in [9.17, 15) is 14.0 Å². The maximum atomic E-state index is 13.2. The molecule has 0 unspecified atom stereocenters. The molecule has 1 aromatic carbocycles. The van der Waals surface area contributed by atoms with Gasteiger partial charge in [-0.1, -0.05) is 6.07 Å². The number of nitrogens with one attached hydrogen (secondary N) is 2. The summed E-state index contributed by atoms with van der Waals surface area (Å²) in [6, 6.07) is 3.95. The van der Waals surface area contributed by atoms with Gasteiger partial charge in [0.1, 0.15) is 5.82 Å². The first-order valence-corrected chi connectivity index (χ1v) is 6.81. The lowest BCUT2D eigenvalue weighted by atomic mass is 10.1. The van der Waals surface area contributed by atoms with Crippen molar-refractivity contribution in [2.45, 2.75) is 32.9 Å². The van der Waals surface area contributed by atoms with Crippen molar-refractivity contribution in [3.05, 3.63) is 35.1 Å². The highest BCUT2D eigenvalue weighted by Gasteiger charge is 2.18. The van der Waals surface area contributed by atoms with Crippen LogP contribution in [-0.4, -0.2) is 37.0 Å². The van der Waals surface area contributed by atoms with Crippen LogP contribution < -0.4 is 10.6 Å². The fraction of sp³-hybridized carbons (Fsp3) is 0.467. The largest absolute Gasteiger partial charge is 0.359 e. The topological polar surface area (TPSA) is 61.4 Å². The number of amides is 3. The van der Waals surface area contributed by atoms with Crippen LogP contribution in [0, 0.1) is 12.7 Å². The van der Waals surface area contributed by atoms with Gasteiger partial charge in [-0.05, 0) is 37.1 Å². The van der Waals surface area contributed by atoms with Crippen LogP contribution in [0.1, 0.15) is 24.5 Å². The second-order valence-corrected chi connectivity index (χ2v) is 5.07. The maximum Gasteiger partial charge on any atom is 0.317 e. The monoisotopic (exact) mass is 295 g/mol. The fourth-order valence-electron chi connectivity index (χ4n) is 1.83. The second kappa shape index (κ2) is 7.61. The molecule has 0 bridgehead atoms. The molecule has 1 aromatic rings. The summed E-state index contributed by atoms with van der Waals surface area (Å²) in [4.78, 5) is 24.8. The molecule has 1 rings (SSSR count). The van der Waals surface area contributed by atoms with Crippen molar-refractivity contribution in [2.24, 2.45) is 0 Å². The van der Waals surface area contributed by atoms with Crippen molar-refractivity contribution in [2.75, 3.05) is 14.1 Å². The Morgan fingerprint density at radius 3 is 2.67 bits per heavy atom. The lowest BCUT2D eigenvalue weighted by Crippen LogP contribution is -2.43. The minimum atomic E-state index is -0.328. The molecule has 6 heteroatoms. The van der Waals surface area contributed by atoms with E-state index in [1.165, 1.54) is 17.0 Å². The number of carbonyl (C=O) groups is 2. The van der Waals surface area contributed by atoms with E-state index in [1.807, 2.05) is 6.92 Å². The molecule has 21 heavy (non-hydrogen) atoms. The predicted octanol–water partition coefficient (Wildman–Crippen LogP) is 1.80. The molecule has 0 aromatic heterocycles. The number of hydrogen-bond donors (Lipinski definition) is 2. The SMILES string of the molecule is CNC(=O)C[C@@H](C)N(C)C(=O)NCc1cc(F)ccc1C. The summed E-state index contributed by atoms with van der Waals surface area (Å²) in [5.74, 6) is -0.450. The molecule has 5 nitrogen and oxygen atoms in total. The maximum absolute atomic E-state index is 13.2. The van der Waals surface area contributed by atoms with E-state index in [1.54, 1.807) is 27.1 Å². The van der Waals surface area contributed by atoms with Gasteiger partial charge in [0.2, 0.25) is 5.91 Å². The second-order valence-electron chi connectivity index (χ2n) is 5.07. The number of rotatable bonds is 5. The highest BCUT2D eigenvalue weighted by Crippen LogP contribution is 2.10. The first-order chi connectivity index (χ1) is 9.85. The van der Waals surface area contributed by atoms with Gasteiger partial charge >= 0.3 is 6.03 Å². The van der Waals surface area contributed by atoms with Crippen molar-refractivity contribution in [1.29, 1.82) is 0 Å². The lowest BCUT2D eigenvalue weighted by molar-refractivity contribution is -0.121. The molecule has 1 atom stereocenters. The van der Waals surface area contributed by atoms with Crippen molar-refractivity contribution in [3.8, 4) is 0 Å². The van der Waals surface area contributed by atoms with Crippen LogP contribution in [0.25, 0.3) is 0 Å². The Morgan fingerprint density at radius 1 is 1.38 bits per heavy atom. The van der Waals surface area contributed by atoms with Crippen molar-refractivity contribution in [3.63, 3.8) is 0 Å². The highest BCUT2D eigenvalue weighted by atomic mass is 19.1. The van der Waals surface area contributed by atoms with E-state index in [0.717, 1.165) is 11.1 Å². The van der Waals surface area contributed by atoms with E-state index >= 15 is 0 Å². The van der Waals surface area contributed by atoms with Gasteiger partial charge in [-0.15, -0.1) is 0 Å². The van der Waals surface area contributed by atoms with Crippen LogP contribution in [0.4, 0.5) is 9.18 Å². The Kier molecular flexibility index (Phi) is 6.14. The van der Waals surface area contributed by atoms with Crippen molar-refractivity contribution < 1.29 is 14.0 Å². The Labute approximate surface area is 124 Å². The summed E-state index contributed by atoms with van der Waals surface area (Å²) in [6.45, 7) is 3.90. The molecular formula is C15H22FN3O2. The fourth-order valence-corrected chi connectivity index (χ4v) is 1.83. The summed E-state index contributed by atoms with van der Waals surface area (Å²) in [5.41, 5.74) is 1.65.